The highest BCUT2D eigenvalue weighted by atomic mass is 35.5. The van der Waals surface area contributed by atoms with Gasteiger partial charge in [0.25, 0.3) is 0 Å². The van der Waals surface area contributed by atoms with E-state index in [1.165, 1.54) is 0 Å². The molecule has 0 saturated carbocycles. The van der Waals surface area contributed by atoms with Crippen molar-refractivity contribution in [2.45, 2.75) is 38.8 Å². The Balaban J connectivity index is 1.56. The first kappa shape index (κ1) is 31.8. The van der Waals surface area contributed by atoms with Gasteiger partial charge in [0.2, 0.25) is 0 Å². The first-order valence-corrected chi connectivity index (χ1v) is 14.6. The Hall–Kier alpha value is -4.10. The predicted molar refractivity (Wildman–Crippen MR) is 166 cm³/mol. The number of nitrogens with zero attached hydrogens (tertiary/aromatic N) is 1. The van der Waals surface area contributed by atoms with Gasteiger partial charge in [-0.2, -0.15) is 0 Å². The van der Waals surface area contributed by atoms with E-state index in [0.717, 1.165) is 22.2 Å². The zero-order chi connectivity index (χ0) is 30.9. The first-order valence-electron chi connectivity index (χ1n) is 13.8. The molecule has 4 rings (SSSR count). The second kappa shape index (κ2) is 14.9. The van der Waals surface area contributed by atoms with Crippen LogP contribution in [0.5, 0.6) is 5.75 Å². The predicted octanol–water partition coefficient (Wildman–Crippen LogP) is 6.55. The van der Waals surface area contributed by atoms with E-state index in [-0.39, 0.29) is 13.2 Å². The van der Waals surface area contributed by atoms with Crippen LogP contribution in [0.1, 0.15) is 37.6 Å². The van der Waals surface area contributed by atoms with Crippen molar-refractivity contribution in [1.82, 2.24) is 15.2 Å². The van der Waals surface area contributed by atoms with Crippen LogP contribution in [0.4, 0.5) is 9.59 Å². The summed E-state index contributed by atoms with van der Waals surface area (Å²) in [5.41, 5.74) is 3.14. The van der Waals surface area contributed by atoms with Crippen molar-refractivity contribution in [3.05, 3.63) is 87.3 Å². The number of hydrogen-bond donors (Lipinski definition) is 3. The van der Waals surface area contributed by atoms with E-state index in [1.54, 1.807) is 54.3 Å². The lowest BCUT2D eigenvalue weighted by atomic mass is 9.92. The third kappa shape index (κ3) is 8.26. The standard InChI is InChI=1S/C32H33Cl2N3O6/c1-4-16-41-31(39)35-18-24(38)19-42-20(3)6-7-21(5-2)30-29-26(27-17-23(34)10-13-28(27)36-29)14-15-37(30)32(40)43-25-11-8-22(33)9-12-25/h2,6-13,17,24,30,36,38H,4,14-16,18-19H2,1,3H3,(H,35,39)/b20-6+,21-7+. The smallest absolute Gasteiger partial charge is 0.416 e. The van der Waals surface area contributed by atoms with E-state index >= 15 is 0 Å². The van der Waals surface area contributed by atoms with E-state index in [1.807, 2.05) is 19.1 Å². The highest BCUT2D eigenvalue weighted by molar-refractivity contribution is 6.31. The Bertz CT molecular complexity index is 1560. The molecule has 1 aromatic heterocycles. The van der Waals surface area contributed by atoms with Gasteiger partial charge in [-0.05, 0) is 79.9 Å². The molecule has 3 aromatic rings. The normalized spacial score (nSPS) is 15.8. The molecule has 2 atom stereocenters. The van der Waals surface area contributed by atoms with Gasteiger partial charge in [-0.1, -0.05) is 36.0 Å². The third-order valence-corrected chi connectivity index (χ3v) is 7.21. The lowest BCUT2D eigenvalue weighted by Crippen LogP contribution is -2.42. The number of carbonyl (C=O) groups excluding carboxylic acids is 2. The van der Waals surface area contributed by atoms with Crippen molar-refractivity contribution in [3.8, 4) is 18.1 Å². The topological polar surface area (TPSA) is 113 Å². The monoisotopic (exact) mass is 625 g/mol. The zero-order valence-electron chi connectivity index (χ0n) is 23.9. The fraction of sp³-hybridized carbons (Fsp3) is 0.312. The summed E-state index contributed by atoms with van der Waals surface area (Å²) in [6.07, 6.45) is 8.53. The minimum Gasteiger partial charge on any atom is -0.495 e. The van der Waals surface area contributed by atoms with Gasteiger partial charge in [0.1, 0.15) is 24.5 Å². The quantitative estimate of drug-likeness (QED) is 0.134. The zero-order valence-corrected chi connectivity index (χ0v) is 25.4. The molecule has 2 aromatic carbocycles. The van der Waals surface area contributed by atoms with Crippen LogP contribution in [0.2, 0.25) is 10.0 Å². The molecule has 0 fully saturated rings. The summed E-state index contributed by atoms with van der Waals surface area (Å²) in [5.74, 6) is 3.55. The van der Waals surface area contributed by atoms with Crippen LogP contribution in [-0.4, -0.2) is 59.6 Å². The molecule has 11 heteroatoms. The summed E-state index contributed by atoms with van der Waals surface area (Å²) in [7, 11) is 0. The number of aliphatic hydroxyl groups is 1. The maximum Gasteiger partial charge on any atom is 0.416 e. The number of carbonyl (C=O) groups is 2. The van der Waals surface area contributed by atoms with Crippen LogP contribution in [-0.2, 0) is 15.9 Å². The molecular weight excluding hydrogens is 593 g/mol. The average molecular weight is 627 g/mol. The van der Waals surface area contributed by atoms with Gasteiger partial charge in [-0.3, -0.25) is 4.90 Å². The minimum absolute atomic E-state index is 0.0266. The fourth-order valence-electron chi connectivity index (χ4n) is 4.65. The van der Waals surface area contributed by atoms with Gasteiger partial charge in [0, 0.05) is 38.8 Å². The van der Waals surface area contributed by atoms with Crippen LogP contribution < -0.4 is 10.1 Å². The molecule has 3 N–H and O–H groups in total. The van der Waals surface area contributed by atoms with E-state index in [4.69, 9.17) is 43.8 Å². The largest absolute Gasteiger partial charge is 0.495 e. The number of aromatic nitrogens is 1. The lowest BCUT2D eigenvalue weighted by molar-refractivity contribution is 0.0690. The van der Waals surface area contributed by atoms with Gasteiger partial charge in [0.05, 0.1) is 18.9 Å². The van der Waals surface area contributed by atoms with E-state index < -0.39 is 24.3 Å². The number of hydrogen-bond acceptors (Lipinski definition) is 6. The third-order valence-electron chi connectivity index (χ3n) is 6.72. The van der Waals surface area contributed by atoms with Crippen molar-refractivity contribution < 1.29 is 28.9 Å². The molecule has 226 valence electrons. The Labute approximate surface area is 260 Å². The fourth-order valence-corrected chi connectivity index (χ4v) is 4.95. The number of alkyl carbamates (subject to hydrolysis) is 1. The number of H-pyrrole nitrogens is 1. The number of aromatic amines is 1. The van der Waals surface area contributed by atoms with Crippen LogP contribution in [0.25, 0.3) is 10.9 Å². The van der Waals surface area contributed by atoms with Crippen LogP contribution in [0.3, 0.4) is 0 Å². The van der Waals surface area contributed by atoms with Crippen LogP contribution in [0.15, 0.2) is 65.9 Å². The summed E-state index contributed by atoms with van der Waals surface area (Å²) in [6, 6.07) is 11.5. The number of fused-ring (bicyclic) bond motifs is 3. The van der Waals surface area contributed by atoms with Crippen molar-refractivity contribution in [2.75, 3.05) is 26.3 Å². The van der Waals surface area contributed by atoms with Crippen molar-refractivity contribution >= 4 is 46.3 Å². The Morgan fingerprint density at radius 2 is 1.93 bits per heavy atom. The average Bonchev–Trinajstić information content (AvgIpc) is 3.37. The summed E-state index contributed by atoms with van der Waals surface area (Å²) in [6.45, 7) is 4.16. The molecule has 1 aliphatic rings. The van der Waals surface area contributed by atoms with Gasteiger partial charge >= 0.3 is 12.2 Å². The van der Waals surface area contributed by atoms with E-state index in [2.05, 4.69) is 16.2 Å². The number of halogens is 2. The first-order chi connectivity index (χ1) is 20.7. The van der Waals surface area contributed by atoms with Crippen LogP contribution >= 0.6 is 23.2 Å². The summed E-state index contributed by atoms with van der Waals surface area (Å²) >= 11 is 12.3. The Morgan fingerprint density at radius 3 is 2.65 bits per heavy atom. The molecule has 1 aliphatic heterocycles. The number of aliphatic hydroxyl groups excluding tert-OH is 1. The van der Waals surface area contributed by atoms with Crippen LogP contribution in [0, 0.1) is 12.3 Å². The van der Waals surface area contributed by atoms with E-state index in [9.17, 15) is 14.7 Å². The highest BCUT2D eigenvalue weighted by Crippen LogP contribution is 2.39. The Morgan fingerprint density at radius 1 is 1.19 bits per heavy atom. The van der Waals surface area contributed by atoms with Gasteiger partial charge in [-0.25, -0.2) is 9.59 Å². The van der Waals surface area contributed by atoms with Crippen molar-refractivity contribution in [2.24, 2.45) is 0 Å². The molecule has 2 amide bonds. The molecule has 0 aliphatic carbocycles. The molecule has 0 radical (unpaired) electrons. The molecule has 2 unspecified atom stereocenters. The number of terminal acetylenes is 1. The van der Waals surface area contributed by atoms with Crippen molar-refractivity contribution in [1.29, 1.82) is 0 Å². The number of ether oxygens (including phenoxy) is 3. The lowest BCUT2D eigenvalue weighted by Gasteiger charge is -2.35. The number of benzene rings is 2. The summed E-state index contributed by atoms with van der Waals surface area (Å²) in [5, 5.41) is 14.8. The second-order valence-electron chi connectivity index (χ2n) is 9.90. The Kier molecular flexibility index (Phi) is 11.0. The maximum atomic E-state index is 13.5. The SMILES string of the molecule is C#C/C(=C\C=C(/C)OCC(O)CNC(=O)OCCC)C1c2[nH]c3ccc(Cl)cc3c2CCN1C(=O)Oc1ccc(Cl)cc1. The molecule has 0 saturated heterocycles. The van der Waals surface area contributed by atoms with Gasteiger partial charge in [0.15, 0.2) is 0 Å². The number of allylic oxidation sites excluding steroid dienone is 3. The molecular formula is C32H33Cl2N3O6. The maximum absolute atomic E-state index is 13.5. The van der Waals surface area contributed by atoms with Gasteiger partial charge < -0.3 is 29.6 Å². The van der Waals surface area contributed by atoms with E-state index in [0.29, 0.717) is 53.1 Å². The molecule has 2 heterocycles. The highest BCUT2D eigenvalue weighted by Gasteiger charge is 2.36. The van der Waals surface area contributed by atoms with Crippen molar-refractivity contribution in [3.63, 3.8) is 0 Å². The number of amides is 2. The summed E-state index contributed by atoms with van der Waals surface area (Å²) in [4.78, 5) is 30.1. The number of nitrogens with one attached hydrogen (secondary N) is 2. The van der Waals surface area contributed by atoms with Gasteiger partial charge in [-0.15, -0.1) is 6.42 Å². The molecule has 43 heavy (non-hydrogen) atoms. The number of rotatable bonds is 10. The molecule has 0 spiro atoms. The molecule has 0 bridgehead atoms. The second-order valence-corrected chi connectivity index (χ2v) is 10.8. The minimum atomic E-state index is -0.953. The molecule has 9 nitrogen and oxygen atoms in total. The summed E-state index contributed by atoms with van der Waals surface area (Å²) < 4.78 is 16.3.